The molecule has 1 rings (SSSR count). The maximum Gasteiger partial charge on any atom is 0.345 e. The molecule has 10 heteroatoms. The molecular formula is C13H12ClN3O6. The number of ether oxygens (including phenoxy) is 1. The number of imide groups is 1. The summed E-state index contributed by atoms with van der Waals surface area (Å²) in [6.45, 7) is 2.73. The minimum atomic E-state index is -1.11. The molecule has 3 amide bonds. The number of carbonyl (C=O) groups excluding carboxylic acids is 3. The van der Waals surface area contributed by atoms with Crippen molar-refractivity contribution in [3.8, 4) is 0 Å². The minimum absolute atomic E-state index is 0.0933. The van der Waals surface area contributed by atoms with Crippen LogP contribution in [0, 0.1) is 10.1 Å². The summed E-state index contributed by atoms with van der Waals surface area (Å²) < 4.78 is 4.63. The summed E-state index contributed by atoms with van der Waals surface area (Å²) >= 11 is 5.67. The smallest absolute Gasteiger partial charge is 0.345 e. The maximum absolute atomic E-state index is 11.8. The van der Waals surface area contributed by atoms with Gasteiger partial charge in [-0.3, -0.25) is 20.2 Å². The Morgan fingerprint density at radius 3 is 2.70 bits per heavy atom. The summed E-state index contributed by atoms with van der Waals surface area (Å²) in [5, 5.41) is 15.1. The highest BCUT2D eigenvalue weighted by molar-refractivity contribution is 6.31. The molecule has 0 atom stereocenters. The predicted octanol–water partition coefficient (Wildman–Crippen LogP) is 1.42. The number of rotatable bonds is 6. The third kappa shape index (κ3) is 5.75. The van der Waals surface area contributed by atoms with Crippen molar-refractivity contribution < 1.29 is 24.0 Å². The number of halogens is 1. The van der Waals surface area contributed by atoms with Crippen LogP contribution in [0.5, 0.6) is 0 Å². The fourth-order valence-corrected chi connectivity index (χ4v) is 1.58. The van der Waals surface area contributed by atoms with Gasteiger partial charge in [0.1, 0.15) is 5.56 Å². The molecule has 2 N–H and O–H groups in total. The number of benzene rings is 1. The Kier molecular flexibility index (Phi) is 6.68. The number of nitro groups is 1. The van der Waals surface area contributed by atoms with E-state index in [1.165, 1.54) is 12.1 Å². The molecule has 0 spiro atoms. The first kappa shape index (κ1) is 18.1. The second kappa shape index (κ2) is 8.49. The topological polar surface area (TPSA) is 128 Å². The third-order valence-corrected chi connectivity index (χ3v) is 2.60. The molecule has 0 heterocycles. The van der Waals surface area contributed by atoms with E-state index >= 15 is 0 Å². The van der Waals surface area contributed by atoms with Crippen LogP contribution in [0.4, 0.5) is 10.5 Å². The summed E-state index contributed by atoms with van der Waals surface area (Å²) in [4.78, 5) is 44.4. The number of nitrogens with zero attached hydrogens (tertiary/aromatic N) is 1. The molecule has 0 aliphatic rings. The third-order valence-electron chi connectivity index (χ3n) is 2.37. The lowest BCUT2D eigenvalue weighted by molar-refractivity contribution is -0.385. The minimum Gasteiger partial charge on any atom is -0.452 e. The number of hydrogen-bond acceptors (Lipinski definition) is 6. The molecule has 0 radical (unpaired) electrons. The number of nitro benzene ring substituents is 1. The van der Waals surface area contributed by atoms with E-state index in [2.05, 4.69) is 16.6 Å². The number of amides is 3. The zero-order valence-corrected chi connectivity index (χ0v) is 12.5. The Balaban J connectivity index is 2.65. The van der Waals surface area contributed by atoms with Gasteiger partial charge in [0.05, 0.1) is 4.92 Å². The fourth-order valence-electron chi connectivity index (χ4n) is 1.41. The van der Waals surface area contributed by atoms with E-state index in [9.17, 15) is 24.5 Å². The maximum atomic E-state index is 11.8. The van der Waals surface area contributed by atoms with Crippen LogP contribution >= 0.6 is 11.6 Å². The number of hydrogen-bond donors (Lipinski definition) is 2. The molecule has 0 aliphatic carbocycles. The standard InChI is InChI=1S/C13H12ClN3O6/c1-2-5-15-13(20)16-11(18)7-23-12(19)9-6-8(14)3-4-10(9)17(21)22/h2-4,6H,1,5,7H2,(H2,15,16,18,20). The lowest BCUT2D eigenvalue weighted by Crippen LogP contribution is -2.41. The highest BCUT2D eigenvalue weighted by Crippen LogP contribution is 2.23. The zero-order chi connectivity index (χ0) is 17.4. The lowest BCUT2D eigenvalue weighted by atomic mass is 10.2. The van der Waals surface area contributed by atoms with Crippen LogP contribution in [0.2, 0.25) is 5.02 Å². The first-order valence-electron chi connectivity index (χ1n) is 6.14. The van der Waals surface area contributed by atoms with E-state index in [0.717, 1.165) is 12.1 Å². The summed E-state index contributed by atoms with van der Waals surface area (Å²) in [5.74, 6) is -2.01. The van der Waals surface area contributed by atoms with Crippen LogP contribution in [0.3, 0.4) is 0 Å². The van der Waals surface area contributed by atoms with Crippen LogP contribution in [0.1, 0.15) is 10.4 Å². The number of esters is 1. The normalized spacial score (nSPS) is 9.61. The number of nitrogens with one attached hydrogen (secondary N) is 2. The highest BCUT2D eigenvalue weighted by atomic mass is 35.5. The molecular weight excluding hydrogens is 330 g/mol. The second-order valence-electron chi connectivity index (χ2n) is 4.04. The van der Waals surface area contributed by atoms with Crippen molar-refractivity contribution in [3.63, 3.8) is 0 Å². The molecule has 0 aromatic heterocycles. The van der Waals surface area contributed by atoms with Crippen molar-refractivity contribution in [2.75, 3.05) is 13.2 Å². The summed E-state index contributed by atoms with van der Waals surface area (Å²) in [5.41, 5.74) is -0.907. The van der Waals surface area contributed by atoms with Crippen molar-refractivity contribution in [2.45, 2.75) is 0 Å². The van der Waals surface area contributed by atoms with Gasteiger partial charge in [0.2, 0.25) is 0 Å². The average Bonchev–Trinajstić information content (AvgIpc) is 2.50. The van der Waals surface area contributed by atoms with Gasteiger partial charge < -0.3 is 10.1 Å². The van der Waals surface area contributed by atoms with Gasteiger partial charge in [-0.05, 0) is 12.1 Å². The molecule has 0 saturated heterocycles. The van der Waals surface area contributed by atoms with Crippen molar-refractivity contribution >= 4 is 35.2 Å². The van der Waals surface area contributed by atoms with Gasteiger partial charge in [-0.25, -0.2) is 9.59 Å². The Morgan fingerprint density at radius 2 is 2.09 bits per heavy atom. The first-order valence-corrected chi connectivity index (χ1v) is 6.52. The SMILES string of the molecule is C=CCNC(=O)NC(=O)COC(=O)c1cc(Cl)ccc1[N+](=O)[O-]. The van der Waals surface area contributed by atoms with Gasteiger partial charge in [-0.15, -0.1) is 6.58 Å². The molecule has 0 aliphatic heterocycles. The molecule has 1 aromatic rings. The van der Waals surface area contributed by atoms with E-state index in [1.807, 2.05) is 5.32 Å². The van der Waals surface area contributed by atoms with Crippen molar-refractivity contribution in [1.29, 1.82) is 0 Å². The van der Waals surface area contributed by atoms with E-state index < -0.39 is 40.7 Å². The van der Waals surface area contributed by atoms with Gasteiger partial charge in [0, 0.05) is 17.6 Å². The zero-order valence-electron chi connectivity index (χ0n) is 11.7. The summed E-state index contributed by atoms with van der Waals surface area (Å²) in [6.07, 6.45) is 1.41. The van der Waals surface area contributed by atoms with Crippen molar-refractivity contribution in [2.24, 2.45) is 0 Å². The first-order chi connectivity index (χ1) is 10.8. The Morgan fingerprint density at radius 1 is 1.39 bits per heavy atom. The lowest BCUT2D eigenvalue weighted by Gasteiger charge is -2.07. The van der Waals surface area contributed by atoms with Gasteiger partial charge in [0.15, 0.2) is 6.61 Å². The van der Waals surface area contributed by atoms with Gasteiger partial charge in [0.25, 0.3) is 11.6 Å². The van der Waals surface area contributed by atoms with Crippen LogP contribution in [-0.2, 0) is 9.53 Å². The Hall–Kier alpha value is -2.94. The fraction of sp³-hybridized carbons (Fsp3) is 0.154. The molecule has 1 aromatic carbocycles. The van der Waals surface area contributed by atoms with Crippen molar-refractivity contribution in [3.05, 3.63) is 51.6 Å². The van der Waals surface area contributed by atoms with Crippen LogP contribution in [0.25, 0.3) is 0 Å². The van der Waals surface area contributed by atoms with Crippen molar-refractivity contribution in [1.82, 2.24) is 10.6 Å². The van der Waals surface area contributed by atoms with Gasteiger partial charge in [-0.1, -0.05) is 17.7 Å². The molecule has 0 fully saturated rings. The summed E-state index contributed by atoms with van der Waals surface area (Å²) in [7, 11) is 0. The average molecular weight is 342 g/mol. The molecule has 122 valence electrons. The summed E-state index contributed by atoms with van der Waals surface area (Å²) in [6, 6.07) is 2.55. The quantitative estimate of drug-likeness (QED) is 0.348. The molecule has 0 saturated carbocycles. The molecule has 23 heavy (non-hydrogen) atoms. The Labute approximate surface area is 135 Å². The predicted molar refractivity (Wildman–Crippen MR) is 80.1 cm³/mol. The van der Waals surface area contributed by atoms with E-state index in [0.29, 0.717) is 0 Å². The van der Waals surface area contributed by atoms with Crippen LogP contribution in [-0.4, -0.2) is 36.0 Å². The van der Waals surface area contributed by atoms with Crippen LogP contribution < -0.4 is 10.6 Å². The van der Waals surface area contributed by atoms with Crippen LogP contribution in [0.15, 0.2) is 30.9 Å². The monoisotopic (exact) mass is 341 g/mol. The number of urea groups is 1. The number of carbonyl (C=O) groups is 3. The molecule has 0 bridgehead atoms. The van der Waals surface area contributed by atoms with E-state index in [-0.39, 0.29) is 11.6 Å². The van der Waals surface area contributed by atoms with Gasteiger partial charge >= 0.3 is 12.0 Å². The largest absolute Gasteiger partial charge is 0.452 e. The van der Waals surface area contributed by atoms with E-state index in [4.69, 9.17) is 11.6 Å². The molecule has 9 nitrogen and oxygen atoms in total. The second-order valence-corrected chi connectivity index (χ2v) is 4.48. The highest BCUT2D eigenvalue weighted by Gasteiger charge is 2.22. The molecule has 0 unspecified atom stereocenters. The van der Waals surface area contributed by atoms with E-state index in [1.54, 1.807) is 0 Å². The Bertz CT molecular complexity index is 661. The van der Waals surface area contributed by atoms with Gasteiger partial charge in [-0.2, -0.15) is 0 Å².